The number of pyridine rings is 1. The molecule has 0 radical (unpaired) electrons. The molecule has 0 saturated carbocycles. The normalized spacial score (nSPS) is 11.7. The summed E-state index contributed by atoms with van der Waals surface area (Å²) in [5, 5.41) is 13.4. The van der Waals surface area contributed by atoms with E-state index >= 15 is 0 Å². The van der Waals surface area contributed by atoms with Crippen LogP contribution in [0.25, 0.3) is 33.8 Å². The Bertz CT molecular complexity index is 1590. The molecular weight excluding hydrogens is 489 g/mol. The summed E-state index contributed by atoms with van der Waals surface area (Å²) in [5.74, 6) is 0.123. The van der Waals surface area contributed by atoms with Crippen LogP contribution in [0, 0.1) is 5.21 Å². The van der Waals surface area contributed by atoms with Gasteiger partial charge in [0.1, 0.15) is 21.4 Å². The fraction of sp³-hybridized carbons (Fsp3) is 0.0370. The first-order valence-electron chi connectivity index (χ1n) is 10.5. The molecule has 0 aliphatic carbocycles. The molecule has 0 N–H and O–H groups in total. The predicted octanol–water partition coefficient (Wildman–Crippen LogP) is 6.89. The Kier molecular flexibility index (Phi) is 6.07. The molecule has 3 aromatic carbocycles. The molecule has 0 amide bonds. The van der Waals surface area contributed by atoms with E-state index in [0.717, 1.165) is 5.39 Å². The summed E-state index contributed by atoms with van der Waals surface area (Å²) in [4.78, 5) is 13.1. The number of esters is 1. The standard InChI is InChI=1S/C27H17Cl2NO5/c1-33-23-12-11-18(25-17-9-5-6-10-22(17)34-26(23)25)24(35-27(31)16-7-3-2-4-8-16)13-19-20(28)14-30(32)15-21(19)29/h2-15H,1H3. The van der Waals surface area contributed by atoms with Gasteiger partial charge in [0.25, 0.3) is 0 Å². The molecule has 174 valence electrons. The summed E-state index contributed by atoms with van der Waals surface area (Å²) in [6, 6.07) is 19.6. The van der Waals surface area contributed by atoms with E-state index in [1.165, 1.54) is 18.5 Å². The zero-order valence-electron chi connectivity index (χ0n) is 18.3. The van der Waals surface area contributed by atoms with Crippen molar-refractivity contribution >= 4 is 62.9 Å². The van der Waals surface area contributed by atoms with Crippen molar-refractivity contribution in [3.63, 3.8) is 0 Å². The smallest absolute Gasteiger partial charge is 0.343 e. The third kappa shape index (κ3) is 4.30. The second kappa shape index (κ2) is 9.33. The number of hydrogen-bond acceptors (Lipinski definition) is 5. The molecule has 8 heteroatoms. The van der Waals surface area contributed by atoms with E-state index in [1.807, 2.05) is 24.3 Å². The minimum atomic E-state index is -0.573. The van der Waals surface area contributed by atoms with Crippen LogP contribution in [-0.2, 0) is 4.74 Å². The summed E-state index contributed by atoms with van der Waals surface area (Å²) in [6.45, 7) is 0. The average molecular weight is 506 g/mol. The quantitative estimate of drug-likeness (QED) is 0.112. The van der Waals surface area contributed by atoms with Gasteiger partial charge in [0.2, 0.25) is 0 Å². The van der Waals surface area contributed by atoms with E-state index in [0.29, 0.717) is 43.7 Å². The molecule has 2 aromatic heterocycles. The lowest BCUT2D eigenvalue weighted by Crippen LogP contribution is -2.24. The Morgan fingerprint density at radius 2 is 1.66 bits per heavy atom. The highest BCUT2D eigenvalue weighted by Crippen LogP contribution is 2.41. The molecule has 5 rings (SSSR count). The lowest BCUT2D eigenvalue weighted by atomic mass is 10.0. The monoisotopic (exact) mass is 505 g/mol. The Labute approximate surface area is 210 Å². The maximum absolute atomic E-state index is 13.1. The van der Waals surface area contributed by atoms with Crippen LogP contribution < -0.4 is 9.47 Å². The third-order valence-corrected chi connectivity index (χ3v) is 6.06. The van der Waals surface area contributed by atoms with E-state index in [9.17, 15) is 10.0 Å². The molecule has 0 aliphatic heterocycles. The second-order valence-electron chi connectivity index (χ2n) is 7.61. The van der Waals surface area contributed by atoms with E-state index in [2.05, 4.69) is 0 Å². The van der Waals surface area contributed by atoms with E-state index in [1.54, 1.807) is 49.6 Å². The van der Waals surface area contributed by atoms with E-state index in [-0.39, 0.29) is 15.8 Å². The molecule has 0 bridgehead atoms. The highest BCUT2D eigenvalue weighted by atomic mass is 35.5. The van der Waals surface area contributed by atoms with Gasteiger partial charge in [-0.15, -0.1) is 0 Å². The van der Waals surface area contributed by atoms with Gasteiger partial charge in [-0.05, 0) is 36.4 Å². The molecule has 0 aliphatic rings. The van der Waals surface area contributed by atoms with Crippen LogP contribution in [-0.4, -0.2) is 13.1 Å². The molecule has 5 aromatic rings. The number of carbonyl (C=O) groups excluding carboxylic acids is 1. The van der Waals surface area contributed by atoms with Crippen molar-refractivity contribution in [2.75, 3.05) is 7.11 Å². The highest BCUT2D eigenvalue weighted by molar-refractivity contribution is 6.37. The van der Waals surface area contributed by atoms with Crippen LogP contribution >= 0.6 is 23.2 Å². The zero-order valence-corrected chi connectivity index (χ0v) is 19.8. The van der Waals surface area contributed by atoms with Crippen LogP contribution in [0.1, 0.15) is 21.5 Å². The van der Waals surface area contributed by atoms with Gasteiger partial charge in [-0.1, -0.05) is 59.6 Å². The molecule has 6 nitrogen and oxygen atoms in total. The molecule has 2 heterocycles. The van der Waals surface area contributed by atoms with Gasteiger partial charge in [-0.3, -0.25) is 0 Å². The van der Waals surface area contributed by atoms with E-state index < -0.39 is 5.97 Å². The van der Waals surface area contributed by atoms with Crippen LogP contribution in [0.15, 0.2) is 83.5 Å². The maximum atomic E-state index is 13.1. The fourth-order valence-electron chi connectivity index (χ4n) is 3.85. The Morgan fingerprint density at radius 1 is 0.971 bits per heavy atom. The van der Waals surface area contributed by atoms with Gasteiger partial charge < -0.3 is 19.1 Å². The number of halogens is 2. The number of nitrogens with zero attached hydrogens (tertiary/aromatic N) is 1. The van der Waals surface area contributed by atoms with Crippen LogP contribution in [0.3, 0.4) is 0 Å². The first-order chi connectivity index (χ1) is 17.0. The summed E-state index contributed by atoms with van der Waals surface area (Å²) >= 11 is 12.7. The number of methoxy groups -OCH3 is 1. The van der Waals surface area contributed by atoms with Crippen LogP contribution in [0.5, 0.6) is 5.75 Å². The van der Waals surface area contributed by atoms with Gasteiger partial charge in [0, 0.05) is 21.9 Å². The van der Waals surface area contributed by atoms with Crippen molar-refractivity contribution in [1.29, 1.82) is 0 Å². The van der Waals surface area contributed by atoms with Crippen molar-refractivity contribution in [2.24, 2.45) is 0 Å². The average Bonchev–Trinajstić information content (AvgIpc) is 3.25. The number of furan rings is 1. The fourth-order valence-corrected chi connectivity index (χ4v) is 4.40. The van der Waals surface area contributed by atoms with E-state index in [4.69, 9.17) is 37.1 Å². The number of aromatic nitrogens is 1. The zero-order chi connectivity index (χ0) is 24.5. The number of rotatable bonds is 5. The van der Waals surface area contributed by atoms with Gasteiger partial charge in [0.15, 0.2) is 23.7 Å². The number of para-hydroxylation sites is 1. The van der Waals surface area contributed by atoms with Crippen molar-refractivity contribution < 1.29 is 23.4 Å². The Morgan fingerprint density at radius 3 is 2.37 bits per heavy atom. The second-order valence-corrected chi connectivity index (χ2v) is 8.42. The van der Waals surface area contributed by atoms with Gasteiger partial charge >= 0.3 is 5.97 Å². The number of benzene rings is 3. The third-order valence-electron chi connectivity index (χ3n) is 5.46. The van der Waals surface area contributed by atoms with Gasteiger partial charge in [0.05, 0.1) is 12.7 Å². The predicted molar refractivity (Wildman–Crippen MR) is 135 cm³/mol. The van der Waals surface area contributed by atoms with Crippen molar-refractivity contribution in [3.05, 3.63) is 111 Å². The van der Waals surface area contributed by atoms with Gasteiger partial charge in [-0.25, -0.2) is 4.79 Å². The number of ether oxygens (including phenoxy) is 2. The molecule has 0 fully saturated rings. The van der Waals surface area contributed by atoms with Crippen LogP contribution in [0.2, 0.25) is 10.0 Å². The SMILES string of the molecule is COc1ccc(C(=Cc2c(Cl)c[n+]([O-])cc2Cl)OC(=O)c2ccccc2)c2c1oc1ccccc12. The van der Waals surface area contributed by atoms with Gasteiger partial charge in [-0.2, -0.15) is 4.73 Å². The molecule has 0 unspecified atom stereocenters. The molecule has 0 saturated heterocycles. The maximum Gasteiger partial charge on any atom is 0.343 e. The molecular formula is C27H17Cl2NO5. The Hall–Kier alpha value is -4.00. The summed E-state index contributed by atoms with van der Waals surface area (Å²) in [7, 11) is 1.55. The lowest BCUT2D eigenvalue weighted by Gasteiger charge is -2.13. The Balaban J connectivity index is 1.77. The largest absolute Gasteiger partial charge is 0.619 e. The van der Waals surface area contributed by atoms with Crippen molar-refractivity contribution in [2.45, 2.75) is 0 Å². The minimum absolute atomic E-state index is 0.0996. The number of fused-ring (bicyclic) bond motifs is 3. The molecule has 0 spiro atoms. The van der Waals surface area contributed by atoms with Crippen LogP contribution in [0.4, 0.5) is 0 Å². The highest BCUT2D eigenvalue weighted by Gasteiger charge is 2.22. The summed E-state index contributed by atoms with van der Waals surface area (Å²) in [5.41, 5.74) is 2.39. The minimum Gasteiger partial charge on any atom is -0.619 e. The lowest BCUT2D eigenvalue weighted by molar-refractivity contribution is -0.605. The summed E-state index contributed by atoms with van der Waals surface area (Å²) < 4.78 is 18.0. The molecule has 0 atom stereocenters. The number of carbonyl (C=O) groups is 1. The molecule has 35 heavy (non-hydrogen) atoms. The van der Waals surface area contributed by atoms with Crippen molar-refractivity contribution in [3.8, 4) is 5.75 Å². The van der Waals surface area contributed by atoms with Crippen molar-refractivity contribution in [1.82, 2.24) is 0 Å². The number of hydrogen-bond donors (Lipinski definition) is 0. The topological polar surface area (TPSA) is 75.6 Å². The summed E-state index contributed by atoms with van der Waals surface area (Å²) in [6.07, 6.45) is 3.88. The first kappa shape index (κ1) is 22.8. The first-order valence-corrected chi connectivity index (χ1v) is 11.3.